The summed E-state index contributed by atoms with van der Waals surface area (Å²) in [7, 11) is 0. The van der Waals surface area contributed by atoms with Crippen LogP contribution in [0.25, 0.3) is 0 Å². The largest absolute Gasteiger partial charge is 0.332 e. The second-order valence-electron chi connectivity index (χ2n) is 6.91. The van der Waals surface area contributed by atoms with Crippen LogP contribution in [0.3, 0.4) is 0 Å². The summed E-state index contributed by atoms with van der Waals surface area (Å²) in [4.78, 5) is 50.5. The molecule has 1 N–H and O–H groups in total. The van der Waals surface area contributed by atoms with Crippen LogP contribution in [0.5, 0.6) is 0 Å². The Hall–Kier alpha value is -3.75. The van der Waals surface area contributed by atoms with Gasteiger partial charge in [0, 0.05) is 11.8 Å². The van der Waals surface area contributed by atoms with Crippen LogP contribution in [0.2, 0.25) is 0 Å². The van der Waals surface area contributed by atoms with Crippen LogP contribution in [0, 0.1) is 24.0 Å². The van der Waals surface area contributed by atoms with Gasteiger partial charge in [-0.2, -0.15) is 0 Å². The maximum Gasteiger partial charge on any atom is 0.332 e. The van der Waals surface area contributed by atoms with E-state index in [-0.39, 0.29) is 11.4 Å². The van der Waals surface area contributed by atoms with Crippen LogP contribution >= 0.6 is 0 Å². The van der Waals surface area contributed by atoms with Gasteiger partial charge < -0.3 is 5.32 Å². The fourth-order valence-electron chi connectivity index (χ4n) is 3.14. The highest BCUT2D eigenvalue weighted by Crippen LogP contribution is 2.27. The van der Waals surface area contributed by atoms with Crippen LogP contribution in [0.15, 0.2) is 42.5 Å². The van der Waals surface area contributed by atoms with Gasteiger partial charge in [0.05, 0.1) is 4.92 Å². The van der Waals surface area contributed by atoms with Gasteiger partial charge in [-0.1, -0.05) is 23.8 Å². The van der Waals surface area contributed by atoms with Gasteiger partial charge in [-0.05, 0) is 44.5 Å². The number of nitrogens with one attached hydrogen (secondary N) is 1. The molecule has 9 nitrogen and oxygen atoms in total. The topological polar surface area (TPSA) is 113 Å². The van der Waals surface area contributed by atoms with E-state index in [1.165, 1.54) is 17.0 Å². The van der Waals surface area contributed by atoms with Gasteiger partial charge in [0.2, 0.25) is 5.91 Å². The molecule has 0 aromatic heterocycles. The maximum atomic E-state index is 12.8. The lowest BCUT2D eigenvalue weighted by molar-refractivity contribution is -0.384. The number of hydrogen-bond donors (Lipinski definition) is 1. The molecule has 1 aliphatic rings. The molecule has 0 unspecified atom stereocenters. The van der Waals surface area contributed by atoms with E-state index in [0.717, 1.165) is 10.5 Å². The van der Waals surface area contributed by atoms with Gasteiger partial charge in [-0.25, -0.2) is 4.79 Å². The predicted octanol–water partition coefficient (Wildman–Crippen LogP) is 3.01. The first kappa shape index (κ1) is 20.0. The van der Waals surface area contributed by atoms with Gasteiger partial charge >= 0.3 is 6.03 Å². The fraction of sp³-hybridized carbons (Fsp3) is 0.250. The van der Waals surface area contributed by atoms with E-state index >= 15 is 0 Å². The number of nitro benzene ring substituents is 1. The number of carbonyl (C=O) groups excluding carboxylic acids is 3. The normalized spacial score (nSPS) is 16.3. The Bertz CT molecular complexity index is 1000. The third kappa shape index (κ3) is 3.93. The summed E-state index contributed by atoms with van der Waals surface area (Å²) in [5.41, 5.74) is 1.98. The molecule has 4 amide bonds. The highest BCUT2D eigenvalue weighted by atomic mass is 16.6. The summed E-state index contributed by atoms with van der Waals surface area (Å²) in [5, 5.41) is 13.6. The molecular weight excluding hydrogens is 376 g/mol. The molecule has 1 aliphatic heterocycles. The number of nitrogens with zero attached hydrogens (tertiary/aromatic N) is 3. The molecule has 2 aromatic carbocycles. The maximum absolute atomic E-state index is 12.8. The fourth-order valence-corrected chi connectivity index (χ4v) is 3.14. The molecule has 1 fully saturated rings. The van der Waals surface area contributed by atoms with Crippen molar-refractivity contribution in [2.24, 2.45) is 0 Å². The third-order valence-electron chi connectivity index (χ3n) is 4.69. The van der Waals surface area contributed by atoms with E-state index in [4.69, 9.17) is 0 Å². The van der Waals surface area contributed by atoms with Crippen LogP contribution in [-0.2, 0) is 9.59 Å². The monoisotopic (exact) mass is 396 g/mol. The number of nitro groups is 1. The van der Waals surface area contributed by atoms with Crippen molar-refractivity contribution in [2.45, 2.75) is 26.8 Å². The molecule has 150 valence electrons. The summed E-state index contributed by atoms with van der Waals surface area (Å²) in [6.45, 7) is 4.66. The smallest absolute Gasteiger partial charge is 0.319 e. The van der Waals surface area contributed by atoms with Crippen molar-refractivity contribution in [1.82, 2.24) is 4.90 Å². The predicted molar refractivity (Wildman–Crippen MR) is 107 cm³/mol. The summed E-state index contributed by atoms with van der Waals surface area (Å²) < 4.78 is 0. The first-order chi connectivity index (χ1) is 13.7. The Labute approximate surface area is 167 Å². The number of rotatable bonds is 5. The molecule has 29 heavy (non-hydrogen) atoms. The molecule has 2 aromatic rings. The summed E-state index contributed by atoms with van der Waals surface area (Å²) in [6, 6.07) is 10.1. The molecule has 1 saturated heterocycles. The SMILES string of the molecule is Cc1ccc(N2C(=O)N(CC(=O)Nc3ccc(C)cc3[N+](=O)[O-])C(=O)[C@@H]2C)cc1. The highest BCUT2D eigenvalue weighted by Gasteiger charge is 2.44. The molecule has 0 spiro atoms. The van der Waals surface area contributed by atoms with Crippen molar-refractivity contribution in [3.8, 4) is 0 Å². The Morgan fingerprint density at radius 3 is 2.34 bits per heavy atom. The molecule has 1 atom stereocenters. The standard InChI is InChI=1S/C20H20N4O5/c1-12-4-7-15(8-5-12)23-14(3)19(26)22(20(23)27)11-18(25)21-16-9-6-13(2)10-17(16)24(28)29/h4-10,14H,11H2,1-3H3,(H,21,25)/t14-/m0/s1. The molecule has 0 saturated carbocycles. The molecule has 9 heteroatoms. The molecule has 1 heterocycles. The number of benzene rings is 2. The lowest BCUT2D eigenvalue weighted by Crippen LogP contribution is -2.39. The second kappa shape index (κ2) is 7.70. The summed E-state index contributed by atoms with van der Waals surface area (Å²) in [6.07, 6.45) is 0. The Morgan fingerprint density at radius 2 is 1.72 bits per heavy atom. The number of imide groups is 1. The van der Waals surface area contributed by atoms with Crippen molar-refractivity contribution in [3.63, 3.8) is 0 Å². The van der Waals surface area contributed by atoms with E-state index in [0.29, 0.717) is 11.3 Å². The van der Waals surface area contributed by atoms with Crippen LogP contribution in [0.1, 0.15) is 18.1 Å². The van der Waals surface area contributed by atoms with E-state index in [2.05, 4.69) is 5.32 Å². The minimum Gasteiger partial charge on any atom is -0.319 e. The lowest BCUT2D eigenvalue weighted by atomic mass is 10.2. The van der Waals surface area contributed by atoms with Gasteiger partial charge in [-0.3, -0.25) is 29.5 Å². The quantitative estimate of drug-likeness (QED) is 0.474. The van der Waals surface area contributed by atoms with Crippen molar-refractivity contribution < 1.29 is 19.3 Å². The van der Waals surface area contributed by atoms with E-state index in [9.17, 15) is 24.5 Å². The highest BCUT2D eigenvalue weighted by molar-refractivity contribution is 6.16. The molecule has 0 aliphatic carbocycles. The van der Waals surface area contributed by atoms with Gasteiger partial charge in [-0.15, -0.1) is 0 Å². The zero-order valence-electron chi connectivity index (χ0n) is 16.2. The third-order valence-corrected chi connectivity index (χ3v) is 4.69. The number of urea groups is 1. The Balaban J connectivity index is 1.77. The number of aryl methyl sites for hydroxylation is 2. The number of hydrogen-bond acceptors (Lipinski definition) is 5. The van der Waals surface area contributed by atoms with E-state index in [1.807, 2.05) is 19.1 Å². The van der Waals surface area contributed by atoms with Crippen molar-refractivity contribution >= 4 is 34.9 Å². The van der Waals surface area contributed by atoms with Crippen molar-refractivity contribution in [1.29, 1.82) is 0 Å². The second-order valence-corrected chi connectivity index (χ2v) is 6.91. The van der Waals surface area contributed by atoms with Gasteiger partial charge in [0.25, 0.3) is 11.6 Å². The first-order valence-electron chi connectivity index (χ1n) is 8.95. The molecule has 0 bridgehead atoms. The van der Waals surface area contributed by atoms with Crippen LogP contribution in [0.4, 0.5) is 21.9 Å². The van der Waals surface area contributed by atoms with E-state index < -0.39 is 35.4 Å². The average Bonchev–Trinajstić information content (AvgIpc) is 2.87. The molecule has 3 rings (SSSR count). The molecular formula is C20H20N4O5. The van der Waals surface area contributed by atoms with Gasteiger partial charge in [0.15, 0.2) is 0 Å². The van der Waals surface area contributed by atoms with Crippen molar-refractivity contribution in [2.75, 3.05) is 16.8 Å². The first-order valence-corrected chi connectivity index (χ1v) is 8.95. The van der Waals surface area contributed by atoms with Crippen LogP contribution < -0.4 is 10.2 Å². The zero-order chi connectivity index (χ0) is 21.3. The lowest BCUT2D eigenvalue weighted by Gasteiger charge is -2.19. The van der Waals surface area contributed by atoms with Crippen molar-refractivity contribution in [3.05, 3.63) is 63.7 Å². The minimum atomic E-state index is -0.758. The number of amides is 4. The molecule has 0 radical (unpaired) electrons. The summed E-state index contributed by atoms with van der Waals surface area (Å²) >= 11 is 0. The minimum absolute atomic E-state index is 0.00753. The van der Waals surface area contributed by atoms with Gasteiger partial charge in [0.1, 0.15) is 18.3 Å². The Kier molecular flexibility index (Phi) is 5.31. The average molecular weight is 396 g/mol. The van der Waals surface area contributed by atoms with Crippen LogP contribution in [-0.4, -0.2) is 40.3 Å². The van der Waals surface area contributed by atoms with E-state index in [1.54, 1.807) is 32.0 Å². The summed E-state index contributed by atoms with van der Waals surface area (Å²) in [5.74, 6) is -1.21. The number of anilines is 2. The Morgan fingerprint density at radius 1 is 1.10 bits per heavy atom. The zero-order valence-corrected chi connectivity index (χ0v) is 16.2. The number of carbonyl (C=O) groups is 3.